The van der Waals surface area contributed by atoms with Crippen molar-refractivity contribution in [3.63, 3.8) is 0 Å². The minimum absolute atomic E-state index is 0.00569. The number of carbonyl (C=O) groups excluding carboxylic acids is 5. The molecule has 3 amide bonds. The predicted octanol–water partition coefficient (Wildman–Crippen LogP) is 6.88. The van der Waals surface area contributed by atoms with Crippen molar-refractivity contribution in [2.75, 3.05) is 13.1 Å². The summed E-state index contributed by atoms with van der Waals surface area (Å²) in [5.74, 6) is -2.70. The second kappa shape index (κ2) is 15.9. The van der Waals surface area contributed by atoms with E-state index < -0.39 is 55.9 Å². The number of nitrogens with zero attached hydrogens (tertiary/aromatic N) is 2. The molecule has 7 rings (SSSR count). The third-order valence-corrected chi connectivity index (χ3v) is 19.0. The summed E-state index contributed by atoms with van der Waals surface area (Å²) in [5.41, 5.74) is -2.37. The van der Waals surface area contributed by atoms with Gasteiger partial charge in [-0.1, -0.05) is 79.2 Å². The average Bonchev–Trinajstić information content (AvgIpc) is 3.89. The number of piperidine rings is 1. The van der Waals surface area contributed by atoms with Crippen LogP contribution < -0.4 is 10.0 Å². The van der Waals surface area contributed by atoms with E-state index in [1.165, 1.54) is 0 Å². The normalized spacial score (nSPS) is 33.6. The minimum Gasteiger partial charge on any atom is -0.345 e. The Kier molecular flexibility index (Phi) is 11.6. The van der Waals surface area contributed by atoms with Crippen LogP contribution >= 0.6 is 0 Å². The van der Waals surface area contributed by atoms with Crippen molar-refractivity contribution in [1.29, 1.82) is 0 Å². The molecular formula is C47H74N4O7S. The molecule has 0 aromatic rings. The number of ketones is 2. The number of likely N-dealkylation sites (tertiary alicyclic amines) is 2. The number of allylic oxidation sites excluding steroid dienone is 1. The van der Waals surface area contributed by atoms with E-state index in [9.17, 15) is 27.6 Å². The molecule has 2 aliphatic heterocycles. The molecule has 5 aliphatic carbocycles. The zero-order valence-corrected chi connectivity index (χ0v) is 37.9. The van der Waals surface area contributed by atoms with E-state index in [1.807, 2.05) is 20.8 Å². The monoisotopic (exact) mass is 840 g/mol. The molecular weight excluding hydrogens is 765 g/mol. The zero-order chi connectivity index (χ0) is 43.8. The van der Waals surface area contributed by atoms with Crippen LogP contribution in [0.3, 0.4) is 0 Å². The van der Waals surface area contributed by atoms with Gasteiger partial charge < -0.3 is 10.2 Å². The Morgan fingerprint density at radius 2 is 1.54 bits per heavy atom. The summed E-state index contributed by atoms with van der Waals surface area (Å²) in [6, 6.07) is -1.63. The number of carbonyl (C=O) groups is 5. The number of nitrogens with one attached hydrogen (secondary N) is 2. The van der Waals surface area contributed by atoms with E-state index in [0.717, 1.165) is 77.2 Å². The van der Waals surface area contributed by atoms with Gasteiger partial charge in [-0.25, -0.2) is 8.42 Å². The molecule has 0 aromatic carbocycles. The fourth-order valence-corrected chi connectivity index (χ4v) is 14.4. The molecule has 0 radical (unpaired) electrons. The molecule has 12 heteroatoms. The van der Waals surface area contributed by atoms with Crippen molar-refractivity contribution in [1.82, 2.24) is 19.8 Å². The summed E-state index contributed by atoms with van der Waals surface area (Å²) in [6.45, 7) is 19.8. The highest BCUT2D eigenvalue weighted by Crippen LogP contribution is 2.88. The van der Waals surface area contributed by atoms with Gasteiger partial charge in [-0.3, -0.25) is 33.6 Å². The van der Waals surface area contributed by atoms with Gasteiger partial charge in [-0.15, -0.1) is 6.58 Å². The summed E-state index contributed by atoms with van der Waals surface area (Å²) in [7, 11) is -4.29. The van der Waals surface area contributed by atoms with E-state index in [4.69, 9.17) is 1.37 Å². The highest BCUT2D eigenvalue weighted by Gasteiger charge is 2.85. The third kappa shape index (κ3) is 7.58. The van der Waals surface area contributed by atoms with Crippen molar-refractivity contribution in [3.8, 4) is 0 Å². The van der Waals surface area contributed by atoms with Crippen LogP contribution in [0.1, 0.15) is 165 Å². The minimum atomic E-state index is -4.29. The molecule has 2 N–H and O–H groups in total. The first kappa shape index (κ1) is 43.1. The largest absolute Gasteiger partial charge is 0.345 e. The SMILES string of the molecule is [2H]C1(S(=O)(=O)NC(=O)[C@@]2(CC(=O)[C@@H]3C[C@@]4(CN3C(=O)[C@@H](CC(=O)[C@@H](NC(=O)[C@@H]3CCCCN3C(C)C)C3CCCCC3)C(C)(C)C)C(C)(C)C43CCC3)C[C@H]2C=C)CCC1. The summed E-state index contributed by atoms with van der Waals surface area (Å²) >= 11 is 0. The number of amides is 3. The van der Waals surface area contributed by atoms with Crippen molar-refractivity contribution in [2.45, 2.75) is 193 Å². The third-order valence-electron chi connectivity index (χ3n) is 17.4. The van der Waals surface area contributed by atoms with Crippen molar-refractivity contribution in [2.24, 2.45) is 44.8 Å². The Hall–Kier alpha value is -2.60. The molecule has 0 unspecified atom stereocenters. The van der Waals surface area contributed by atoms with Gasteiger partial charge in [0.2, 0.25) is 27.7 Å². The van der Waals surface area contributed by atoms with Gasteiger partial charge in [-0.2, -0.15) is 0 Å². The van der Waals surface area contributed by atoms with Crippen LogP contribution in [0.4, 0.5) is 0 Å². The van der Waals surface area contributed by atoms with Gasteiger partial charge in [0.15, 0.2) is 11.6 Å². The molecule has 11 nitrogen and oxygen atoms in total. The fourth-order valence-electron chi connectivity index (χ4n) is 12.9. The first-order valence-corrected chi connectivity index (χ1v) is 24.6. The lowest BCUT2D eigenvalue weighted by Crippen LogP contribution is -2.57. The molecule has 2 heterocycles. The second-order valence-electron chi connectivity index (χ2n) is 21.8. The van der Waals surface area contributed by atoms with E-state index in [2.05, 4.69) is 49.2 Å². The van der Waals surface area contributed by atoms with E-state index in [-0.39, 0.29) is 89.7 Å². The maximum absolute atomic E-state index is 15.4. The molecule has 0 aromatic heterocycles. The molecule has 7 atom stereocenters. The Bertz CT molecular complexity index is 1860. The number of rotatable bonds is 15. The van der Waals surface area contributed by atoms with Crippen molar-refractivity contribution < 1.29 is 33.8 Å². The molecule has 59 heavy (non-hydrogen) atoms. The van der Waals surface area contributed by atoms with Crippen LogP contribution in [-0.4, -0.2) is 90.0 Å². The molecule has 2 spiro atoms. The standard InChI is InChI=1S/C47H74N4O7S/c1-9-32-26-45(32,42(56)49-59(57,58)33-19-15-20-33)28-38(53)36-27-47(44(7,8)46(47)22-16-23-46)29-51(36)41(55)34(43(4,5)6)25-37(52)39(31-17-11-10-12-18-31)48-40(54)35-21-13-14-24-50(35)30(2)3/h9,30-36,39H,1,10-29H2,2-8H3,(H,48,54)(H,49,56)/t32-,34-,35+,36+,39+,45-,47-/m1/s1/i33D. The number of Topliss-reactive ketones (excluding diaryl/α,β-unsaturated/α-hetero) is 2. The van der Waals surface area contributed by atoms with Gasteiger partial charge >= 0.3 is 0 Å². The van der Waals surface area contributed by atoms with Crippen molar-refractivity contribution >= 4 is 39.3 Å². The molecule has 0 bridgehead atoms. The van der Waals surface area contributed by atoms with E-state index >= 15 is 4.79 Å². The first-order valence-electron chi connectivity index (χ1n) is 23.6. The van der Waals surface area contributed by atoms with Gasteiger partial charge in [0, 0.05) is 38.1 Å². The quantitative estimate of drug-likeness (QED) is 0.170. The van der Waals surface area contributed by atoms with E-state index in [1.54, 1.807) is 11.0 Å². The molecule has 5 saturated carbocycles. The van der Waals surface area contributed by atoms with Crippen LogP contribution in [0.25, 0.3) is 0 Å². The first-order chi connectivity index (χ1) is 28.0. The molecule has 7 aliphatic rings. The lowest BCUT2D eigenvalue weighted by Gasteiger charge is -2.40. The Morgan fingerprint density at radius 3 is 2.07 bits per heavy atom. The van der Waals surface area contributed by atoms with Crippen LogP contribution in [0.15, 0.2) is 12.7 Å². The summed E-state index contributed by atoms with van der Waals surface area (Å²) < 4.78 is 37.1. The Labute approximate surface area is 355 Å². The Balaban J connectivity index is 1.16. The summed E-state index contributed by atoms with van der Waals surface area (Å²) in [4.78, 5) is 77.1. The highest BCUT2D eigenvalue weighted by atomic mass is 32.2. The van der Waals surface area contributed by atoms with Gasteiger partial charge in [0.05, 0.1) is 28.8 Å². The molecule has 2 saturated heterocycles. The zero-order valence-electron chi connectivity index (χ0n) is 38.1. The van der Waals surface area contributed by atoms with E-state index in [0.29, 0.717) is 19.4 Å². The van der Waals surface area contributed by atoms with Gasteiger partial charge in [0.1, 0.15) is 0 Å². The maximum atomic E-state index is 15.4. The lowest BCUT2D eigenvalue weighted by atomic mass is 9.73. The topological polar surface area (TPSA) is 150 Å². The fraction of sp³-hybridized carbons (Fsp3) is 0.851. The van der Waals surface area contributed by atoms with Crippen LogP contribution in [0.5, 0.6) is 0 Å². The van der Waals surface area contributed by atoms with Gasteiger partial charge in [0.25, 0.3) is 0 Å². The number of sulfonamides is 1. The number of fused-ring (bicyclic) bond motifs is 1. The highest BCUT2D eigenvalue weighted by molar-refractivity contribution is 7.90. The summed E-state index contributed by atoms with van der Waals surface area (Å²) in [6.07, 6.45) is 13.6. The van der Waals surface area contributed by atoms with Crippen LogP contribution in [0, 0.1) is 44.8 Å². The van der Waals surface area contributed by atoms with Gasteiger partial charge in [-0.05, 0) is 113 Å². The lowest BCUT2D eigenvalue weighted by molar-refractivity contribution is -0.147. The average molecular weight is 840 g/mol. The maximum Gasteiger partial charge on any atom is 0.240 e. The predicted molar refractivity (Wildman–Crippen MR) is 228 cm³/mol. The molecule has 7 fully saturated rings. The second-order valence-corrected chi connectivity index (χ2v) is 23.6. The number of hydrogen-bond donors (Lipinski definition) is 2. The van der Waals surface area contributed by atoms with Crippen LogP contribution in [0.2, 0.25) is 0 Å². The Morgan fingerprint density at radius 1 is 0.881 bits per heavy atom. The van der Waals surface area contributed by atoms with Crippen molar-refractivity contribution in [3.05, 3.63) is 12.7 Å². The number of hydrogen-bond acceptors (Lipinski definition) is 8. The smallest absolute Gasteiger partial charge is 0.240 e. The molecule has 330 valence electrons. The van der Waals surface area contributed by atoms with Crippen LogP contribution in [-0.2, 0) is 34.0 Å². The summed E-state index contributed by atoms with van der Waals surface area (Å²) in [5, 5.41) is 1.51.